The molecule has 0 saturated carbocycles. The zero-order valence-electron chi connectivity index (χ0n) is 13.5. The van der Waals surface area contributed by atoms with Gasteiger partial charge < -0.3 is 4.90 Å². The zero-order valence-corrected chi connectivity index (χ0v) is 13.5. The average Bonchev–Trinajstić information content (AvgIpc) is 3.12. The molecule has 1 N–H and O–H groups in total. The third-order valence-electron chi connectivity index (χ3n) is 4.09. The van der Waals surface area contributed by atoms with Gasteiger partial charge in [-0.05, 0) is 49.6 Å². The third-order valence-corrected chi connectivity index (χ3v) is 4.09. The summed E-state index contributed by atoms with van der Waals surface area (Å²) in [6.45, 7) is 3.70. The smallest absolute Gasteiger partial charge is 0.271 e. The van der Waals surface area contributed by atoms with Gasteiger partial charge >= 0.3 is 0 Å². The molecule has 1 amide bonds. The summed E-state index contributed by atoms with van der Waals surface area (Å²) in [7, 11) is 0. The Bertz CT molecular complexity index is 755. The van der Waals surface area contributed by atoms with Gasteiger partial charge in [0.25, 0.3) is 5.91 Å². The Morgan fingerprint density at radius 3 is 2.71 bits per heavy atom. The van der Waals surface area contributed by atoms with E-state index in [9.17, 15) is 9.18 Å². The van der Waals surface area contributed by atoms with E-state index in [0.29, 0.717) is 16.8 Å². The van der Waals surface area contributed by atoms with E-state index in [2.05, 4.69) is 20.4 Å². The van der Waals surface area contributed by atoms with Crippen LogP contribution in [0.5, 0.6) is 0 Å². The third kappa shape index (κ3) is 3.59. The van der Waals surface area contributed by atoms with E-state index in [4.69, 9.17) is 0 Å². The molecule has 2 aromatic rings. The van der Waals surface area contributed by atoms with E-state index in [1.54, 1.807) is 12.1 Å². The molecular formula is C18H19FN4O. The number of aryl methyl sites for hydroxylation is 1. The van der Waals surface area contributed by atoms with Gasteiger partial charge in [-0.1, -0.05) is 0 Å². The maximum absolute atomic E-state index is 14.3. The summed E-state index contributed by atoms with van der Waals surface area (Å²) in [6.07, 6.45) is 6.74. The predicted octanol–water partition coefficient (Wildman–Crippen LogP) is 2.89. The van der Waals surface area contributed by atoms with Crippen LogP contribution in [-0.4, -0.2) is 30.2 Å². The minimum atomic E-state index is -0.333. The van der Waals surface area contributed by atoms with Crippen LogP contribution in [0.15, 0.2) is 41.8 Å². The molecule has 0 spiro atoms. The molecule has 0 aliphatic carbocycles. The van der Waals surface area contributed by atoms with Crippen molar-refractivity contribution in [3.63, 3.8) is 0 Å². The Hall–Kier alpha value is -2.76. The molecule has 2 heterocycles. The van der Waals surface area contributed by atoms with Crippen LogP contribution < -0.4 is 10.3 Å². The van der Waals surface area contributed by atoms with Crippen molar-refractivity contribution in [2.24, 2.45) is 5.10 Å². The van der Waals surface area contributed by atoms with Crippen LogP contribution >= 0.6 is 0 Å². The van der Waals surface area contributed by atoms with Gasteiger partial charge in [-0.25, -0.2) is 9.82 Å². The number of nitrogens with zero attached hydrogens (tertiary/aromatic N) is 3. The number of benzene rings is 1. The van der Waals surface area contributed by atoms with Crippen LogP contribution in [0.2, 0.25) is 0 Å². The summed E-state index contributed by atoms with van der Waals surface area (Å²) >= 11 is 0. The molecule has 0 atom stereocenters. The van der Waals surface area contributed by atoms with E-state index in [1.807, 2.05) is 13.0 Å². The van der Waals surface area contributed by atoms with Gasteiger partial charge in [-0.15, -0.1) is 0 Å². The number of hydrogen-bond acceptors (Lipinski definition) is 4. The zero-order chi connectivity index (χ0) is 16.9. The normalized spacial score (nSPS) is 14.3. The van der Waals surface area contributed by atoms with Crippen molar-refractivity contribution in [3.05, 3.63) is 59.2 Å². The Kier molecular flexibility index (Phi) is 4.84. The molecule has 6 heteroatoms. The monoisotopic (exact) mass is 326 g/mol. The second kappa shape index (κ2) is 7.21. The van der Waals surface area contributed by atoms with Crippen molar-refractivity contribution in [1.82, 2.24) is 10.4 Å². The molecule has 124 valence electrons. The van der Waals surface area contributed by atoms with Gasteiger partial charge in [-0.3, -0.25) is 9.78 Å². The SMILES string of the molecule is Cc1cc(N2CCCC2)c(F)cc1C=NNC(=O)c1ccncc1. The lowest BCUT2D eigenvalue weighted by atomic mass is 10.1. The summed E-state index contributed by atoms with van der Waals surface area (Å²) in [4.78, 5) is 17.8. The predicted molar refractivity (Wildman–Crippen MR) is 91.9 cm³/mol. The summed E-state index contributed by atoms with van der Waals surface area (Å²) in [5, 5.41) is 3.92. The molecule has 1 aromatic heterocycles. The van der Waals surface area contributed by atoms with Crippen LogP contribution in [-0.2, 0) is 0 Å². The standard InChI is InChI=1S/C18H19FN4O/c1-13-10-17(23-8-2-3-9-23)16(19)11-15(13)12-21-22-18(24)14-4-6-20-7-5-14/h4-7,10-12H,2-3,8-9H2,1H3,(H,22,24). The number of hydrogen-bond donors (Lipinski definition) is 1. The van der Waals surface area contributed by atoms with E-state index < -0.39 is 0 Å². The van der Waals surface area contributed by atoms with Crippen molar-refractivity contribution >= 4 is 17.8 Å². The highest BCUT2D eigenvalue weighted by atomic mass is 19.1. The van der Waals surface area contributed by atoms with Crippen molar-refractivity contribution in [3.8, 4) is 0 Å². The first kappa shape index (κ1) is 16.1. The second-order valence-corrected chi connectivity index (χ2v) is 5.79. The lowest BCUT2D eigenvalue weighted by Crippen LogP contribution is -2.19. The minimum absolute atomic E-state index is 0.260. The fraction of sp³-hybridized carbons (Fsp3) is 0.278. The Morgan fingerprint density at radius 2 is 2.00 bits per heavy atom. The van der Waals surface area contributed by atoms with Crippen molar-refractivity contribution in [1.29, 1.82) is 0 Å². The summed E-state index contributed by atoms with van der Waals surface area (Å²) in [5.41, 5.74) is 5.10. The van der Waals surface area contributed by atoms with Crippen LogP contribution in [0.25, 0.3) is 0 Å². The molecule has 24 heavy (non-hydrogen) atoms. The topological polar surface area (TPSA) is 57.6 Å². The lowest BCUT2D eigenvalue weighted by molar-refractivity contribution is 0.0955. The highest BCUT2D eigenvalue weighted by Gasteiger charge is 2.17. The number of amides is 1. The molecule has 1 aromatic carbocycles. The molecule has 1 saturated heterocycles. The van der Waals surface area contributed by atoms with Crippen LogP contribution in [0.3, 0.4) is 0 Å². The number of pyridine rings is 1. The quantitative estimate of drug-likeness (QED) is 0.694. The molecule has 0 bridgehead atoms. The molecule has 0 radical (unpaired) electrons. The fourth-order valence-corrected chi connectivity index (χ4v) is 2.75. The van der Waals surface area contributed by atoms with Gasteiger partial charge in [0.1, 0.15) is 5.82 Å². The molecule has 3 rings (SSSR count). The number of carbonyl (C=O) groups excluding carboxylic acids is 1. The number of rotatable bonds is 4. The van der Waals surface area contributed by atoms with E-state index in [0.717, 1.165) is 31.5 Å². The maximum Gasteiger partial charge on any atom is 0.271 e. The largest absolute Gasteiger partial charge is 0.369 e. The Morgan fingerprint density at radius 1 is 1.29 bits per heavy atom. The van der Waals surface area contributed by atoms with Gasteiger partial charge in [0.2, 0.25) is 0 Å². The summed E-state index contributed by atoms with van der Waals surface area (Å²) in [5.74, 6) is -0.593. The average molecular weight is 326 g/mol. The molecule has 1 fully saturated rings. The number of carbonyl (C=O) groups is 1. The number of anilines is 1. The first-order valence-electron chi connectivity index (χ1n) is 7.93. The first-order valence-corrected chi connectivity index (χ1v) is 7.93. The van der Waals surface area contributed by atoms with Crippen LogP contribution in [0, 0.1) is 12.7 Å². The van der Waals surface area contributed by atoms with Gasteiger partial charge in [0.05, 0.1) is 11.9 Å². The van der Waals surface area contributed by atoms with E-state index >= 15 is 0 Å². The van der Waals surface area contributed by atoms with Crippen molar-refractivity contribution in [2.75, 3.05) is 18.0 Å². The highest BCUT2D eigenvalue weighted by Crippen LogP contribution is 2.26. The van der Waals surface area contributed by atoms with E-state index in [-0.39, 0.29) is 11.7 Å². The Labute approximate surface area is 140 Å². The number of aromatic nitrogens is 1. The van der Waals surface area contributed by atoms with Gasteiger partial charge in [0, 0.05) is 36.6 Å². The van der Waals surface area contributed by atoms with Gasteiger partial charge in [0.15, 0.2) is 0 Å². The Balaban J connectivity index is 1.71. The molecule has 0 unspecified atom stereocenters. The molecule has 5 nitrogen and oxygen atoms in total. The van der Waals surface area contributed by atoms with Crippen molar-refractivity contribution in [2.45, 2.75) is 19.8 Å². The summed E-state index contributed by atoms with van der Waals surface area (Å²) < 4.78 is 14.3. The lowest BCUT2D eigenvalue weighted by Gasteiger charge is -2.19. The highest BCUT2D eigenvalue weighted by molar-refractivity contribution is 5.94. The molecular weight excluding hydrogens is 307 g/mol. The molecule has 1 aliphatic rings. The number of hydrazone groups is 1. The second-order valence-electron chi connectivity index (χ2n) is 5.79. The van der Waals surface area contributed by atoms with Crippen LogP contribution in [0.1, 0.15) is 34.3 Å². The van der Waals surface area contributed by atoms with Crippen molar-refractivity contribution < 1.29 is 9.18 Å². The van der Waals surface area contributed by atoms with Gasteiger partial charge in [-0.2, -0.15) is 5.10 Å². The van der Waals surface area contributed by atoms with E-state index in [1.165, 1.54) is 24.7 Å². The minimum Gasteiger partial charge on any atom is -0.369 e. The first-order chi connectivity index (χ1) is 11.6. The number of halogens is 1. The maximum atomic E-state index is 14.3. The number of nitrogens with one attached hydrogen (secondary N) is 1. The summed E-state index contributed by atoms with van der Waals surface area (Å²) in [6, 6.07) is 6.50. The fourth-order valence-electron chi connectivity index (χ4n) is 2.75. The van der Waals surface area contributed by atoms with Crippen LogP contribution in [0.4, 0.5) is 10.1 Å². The molecule has 1 aliphatic heterocycles.